The lowest BCUT2D eigenvalue weighted by Crippen LogP contribution is -2.05. The number of anilines is 1. The first-order chi connectivity index (χ1) is 12.2. The molecule has 4 nitrogen and oxygen atoms in total. The highest BCUT2D eigenvalue weighted by Gasteiger charge is 2.10. The molecule has 0 amide bonds. The minimum atomic E-state index is -0.267. The lowest BCUT2D eigenvalue weighted by atomic mass is 10.1. The molecular weight excluding hydrogens is 339 g/mol. The van der Waals surface area contributed by atoms with Crippen LogP contribution < -0.4 is 5.32 Å². The van der Waals surface area contributed by atoms with Gasteiger partial charge in [0.05, 0.1) is 6.20 Å². The second kappa shape index (κ2) is 6.53. The van der Waals surface area contributed by atoms with E-state index in [2.05, 4.69) is 15.4 Å². The number of aromatic nitrogens is 3. The molecular formula is C19H14ClFN4. The Bertz CT molecular complexity index is 1030. The van der Waals surface area contributed by atoms with Crippen molar-refractivity contribution < 1.29 is 4.39 Å². The summed E-state index contributed by atoms with van der Waals surface area (Å²) in [5.74, 6) is 0.551. The van der Waals surface area contributed by atoms with E-state index in [1.54, 1.807) is 29.0 Å². The molecule has 0 spiro atoms. The Labute approximate surface area is 148 Å². The van der Waals surface area contributed by atoms with Crippen molar-refractivity contribution in [2.75, 3.05) is 5.32 Å². The summed E-state index contributed by atoms with van der Waals surface area (Å²) in [7, 11) is 0. The van der Waals surface area contributed by atoms with Gasteiger partial charge in [0.1, 0.15) is 11.6 Å². The zero-order valence-corrected chi connectivity index (χ0v) is 13.9. The molecule has 4 rings (SSSR count). The van der Waals surface area contributed by atoms with Crippen molar-refractivity contribution >= 4 is 23.1 Å². The van der Waals surface area contributed by atoms with Crippen LogP contribution in [0.4, 0.5) is 10.2 Å². The minimum absolute atomic E-state index is 0.267. The number of hydrogen-bond donors (Lipinski definition) is 1. The molecule has 6 heteroatoms. The van der Waals surface area contributed by atoms with E-state index in [1.165, 1.54) is 12.1 Å². The molecule has 1 N–H and O–H groups in total. The average molecular weight is 353 g/mol. The SMILES string of the molecule is Fc1ccc(-c2cnn3c(NCc4cccc(Cl)c4)ccnc23)cc1. The van der Waals surface area contributed by atoms with E-state index in [0.29, 0.717) is 17.2 Å². The summed E-state index contributed by atoms with van der Waals surface area (Å²) in [6.45, 7) is 0.616. The van der Waals surface area contributed by atoms with Gasteiger partial charge in [-0.1, -0.05) is 35.9 Å². The van der Waals surface area contributed by atoms with Crippen LogP contribution in [0.1, 0.15) is 5.56 Å². The molecule has 0 aliphatic carbocycles. The Hall–Kier alpha value is -2.92. The zero-order valence-electron chi connectivity index (χ0n) is 13.2. The number of hydrogen-bond acceptors (Lipinski definition) is 3. The molecule has 2 heterocycles. The van der Waals surface area contributed by atoms with Crippen LogP contribution in [0, 0.1) is 5.82 Å². The first-order valence-corrected chi connectivity index (χ1v) is 8.15. The fourth-order valence-electron chi connectivity index (χ4n) is 2.70. The predicted molar refractivity (Wildman–Crippen MR) is 97.2 cm³/mol. The standard InChI is InChI=1S/C19H14ClFN4/c20-15-3-1-2-13(10-15)11-23-18-8-9-22-19-17(12-24-25(18)19)14-4-6-16(21)7-5-14/h1-10,12,23H,11H2. The number of halogens is 2. The molecule has 0 atom stereocenters. The topological polar surface area (TPSA) is 42.2 Å². The average Bonchev–Trinajstić information content (AvgIpc) is 3.05. The van der Waals surface area contributed by atoms with Crippen LogP contribution in [-0.2, 0) is 6.54 Å². The van der Waals surface area contributed by atoms with E-state index in [9.17, 15) is 4.39 Å². The molecule has 0 saturated heterocycles. The highest BCUT2D eigenvalue weighted by atomic mass is 35.5. The molecule has 0 aliphatic rings. The summed E-state index contributed by atoms with van der Waals surface area (Å²) < 4.78 is 14.9. The van der Waals surface area contributed by atoms with E-state index in [1.807, 2.05) is 30.3 Å². The van der Waals surface area contributed by atoms with Crippen LogP contribution >= 0.6 is 11.6 Å². The second-order valence-electron chi connectivity index (χ2n) is 5.61. The predicted octanol–water partition coefficient (Wildman–Crippen LogP) is 4.80. The van der Waals surface area contributed by atoms with Gasteiger partial charge in [-0.2, -0.15) is 9.61 Å². The minimum Gasteiger partial charge on any atom is -0.366 e. The molecule has 124 valence electrons. The Morgan fingerprint density at radius 3 is 2.72 bits per heavy atom. The van der Waals surface area contributed by atoms with Gasteiger partial charge in [0.25, 0.3) is 0 Å². The highest BCUT2D eigenvalue weighted by molar-refractivity contribution is 6.30. The van der Waals surface area contributed by atoms with Crippen LogP contribution in [0.15, 0.2) is 67.0 Å². The maximum Gasteiger partial charge on any atom is 0.165 e. The van der Waals surface area contributed by atoms with Gasteiger partial charge in [0.2, 0.25) is 0 Å². The smallest absolute Gasteiger partial charge is 0.165 e. The van der Waals surface area contributed by atoms with Crippen molar-refractivity contribution in [3.05, 3.63) is 83.4 Å². The third-order valence-corrected chi connectivity index (χ3v) is 4.15. The maximum atomic E-state index is 13.1. The number of benzene rings is 2. The van der Waals surface area contributed by atoms with Gasteiger partial charge in [-0.05, 0) is 41.5 Å². The maximum absolute atomic E-state index is 13.1. The van der Waals surface area contributed by atoms with Gasteiger partial charge in [-0.25, -0.2) is 9.37 Å². The summed E-state index contributed by atoms with van der Waals surface area (Å²) in [5.41, 5.74) is 3.51. The van der Waals surface area contributed by atoms with Crippen LogP contribution in [0.2, 0.25) is 5.02 Å². The first kappa shape index (κ1) is 15.6. The molecule has 0 bridgehead atoms. The third kappa shape index (κ3) is 3.19. The van der Waals surface area contributed by atoms with Gasteiger partial charge in [-0.3, -0.25) is 0 Å². The van der Waals surface area contributed by atoms with E-state index >= 15 is 0 Å². The van der Waals surface area contributed by atoms with E-state index in [0.717, 1.165) is 22.5 Å². The van der Waals surface area contributed by atoms with Crippen LogP contribution in [-0.4, -0.2) is 14.6 Å². The summed E-state index contributed by atoms with van der Waals surface area (Å²) >= 11 is 6.02. The van der Waals surface area contributed by atoms with Crippen molar-refractivity contribution in [3.63, 3.8) is 0 Å². The fourth-order valence-corrected chi connectivity index (χ4v) is 2.91. The van der Waals surface area contributed by atoms with Crippen molar-refractivity contribution in [3.8, 4) is 11.1 Å². The molecule has 25 heavy (non-hydrogen) atoms. The molecule has 0 unspecified atom stereocenters. The van der Waals surface area contributed by atoms with Gasteiger partial charge in [0, 0.05) is 23.3 Å². The van der Waals surface area contributed by atoms with Gasteiger partial charge in [-0.15, -0.1) is 0 Å². The second-order valence-corrected chi connectivity index (χ2v) is 6.05. The van der Waals surface area contributed by atoms with Crippen LogP contribution in [0.3, 0.4) is 0 Å². The molecule has 0 saturated carbocycles. The number of rotatable bonds is 4. The summed E-state index contributed by atoms with van der Waals surface area (Å²) in [6.07, 6.45) is 3.46. The Kier molecular flexibility index (Phi) is 4.07. The molecule has 0 radical (unpaired) electrons. The molecule has 2 aromatic heterocycles. The number of fused-ring (bicyclic) bond motifs is 1. The van der Waals surface area contributed by atoms with Crippen LogP contribution in [0.25, 0.3) is 16.8 Å². The first-order valence-electron chi connectivity index (χ1n) is 7.78. The van der Waals surface area contributed by atoms with Crippen molar-refractivity contribution in [1.82, 2.24) is 14.6 Å². The van der Waals surface area contributed by atoms with Gasteiger partial charge >= 0.3 is 0 Å². The Morgan fingerprint density at radius 2 is 1.92 bits per heavy atom. The summed E-state index contributed by atoms with van der Waals surface area (Å²) in [6, 6.07) is 15.9. The Balaban J connectivity index is 1.66. The lowest BCUT2D eigenvalue weighted by molar-refractivity contribution is 0.628. The molecule has 2 aromatic carbocycles. The van der Waals surface area contributed by atoms with Gasteiger partial charge in [0.15, 0.2) is 5.65 Å². The summed E-state index contributed by atoms with van der Waals surface area (Å²) in [5, 5.41) is 8.47. The van der Waals surface area contributed by atoms with Crippen molar-refractivity contribution in [2.45, 2.75) is 6.54 Å². The zero-order chi connectivity index (χ0) is 17.2. The molecule has 0 aliphatic heterocycles. The van der Waals surface area contributed by atoms with Gasteiger partial charge < -0.3 is 5.32 Å². The largest absolute Gasteiger partial charge is 0.366 e. The van der Waals surface area contributed by atoms with Crippen LogP contribution in [0.5, 0.6) is 0 Å². The monoisotopic (exact) mass is 352 g/mol. The molecule has 4 aromatic rings. The molecule has 0 fully saturated rings. The van der Waals surface area contributed by atoms with Crippen molar-refractivity contribution in [1.29, 1.82) is 0 Å². The van der Waals surface area contributed by atoms with E-state index < -0.39 is 0 Å². The number of nitrogens with one attached hydrogen (secondary N) is 1. The summed E-state index contributed by atoms with van der Waals surface area (Å²) in [4.78, 5) is 4.42. The van der Waals surface area contributed by atoms with E-state index in [4.69, 9.17) is 11.6 Å². The van der Waals surface area contributed by atoms with Crippen molar-refractivity contribution in [2.24, 2.45) is 0 Å². The highest BCUT2D eigenvalue weighted by Crippen LogP contribution is 2.25. The van der Waals surface area contributed by atoms with E-state index in [-0.39, 0.29) is 5.82 Å². The lowest BCUT2D eigenvalue weighted by Gasteiger charge is -2.08. The normalized spacial score (nSPS) is 11.0. The quantitative estimate of drug-likeness (QED) is 0.573. The third-order valence-electron chi connectivity index (χ3n) is 3.92. The fraction of sp³-hybridized carbons (Fsp3) is 0.0526. The number of nitrogens with zero attached hydrogens (tertiary/aromatic N) is 3. The Morgan fingerprint density at radius 1 is 1.08 bits per heavy atom.